The maximum Gasteiger partial charge on any atom is 0.235 e. The summed E-state index contributed by atoms with van der Waals surface area (Å²) in [6.07, 6.45) is 0. The lowest BCUT2D eigenvalue weighted by molar-refractivity contribution is 0.163. The number of ether oxygens (including phenoxy) is 1. The lowest BCUT2D eigenvalue weighted by Gasteiger charge is -2.08. The van der Waals surface area contributed by atoms with Crippen LogP contribution in [-0.4, -0.2) is 27.4 Å². The van der Waals surface area contributed by atoms with Gasteiger partial charge in [0, 0.05) is 12.3 Å². The lowest BCUT2D eigenvalue weighted by atomic mass is 10.3. The van der Waals surface area contributed by atoms with Gasteiger partial charge >= 0.3 is 0 Å². The summed E-state index contributed by atoms with van der Waals surface area (Å²) in [6.45, 7) is 2.51. The van der Waals surface area contributed by atoms with Gasteiger partial charge in [0.2, 0.25) is 10.0 Å². The molecule has 0 spiro atoms. The normalized spacial score (nSPS) is 11.3. The Morgan fingerprint density at radius 1 is 1.44 bits per heavy atom. The number of hydrogen-bond donors (Lipinski definition) is 2. The first-order chi connectivity index (χ1) is 7.53. The molecule has 0 fully saturated rings. The summed E-state index contributed by atoms with van der Waals surface area (Å²) in [5.41, 5.74) is 6.53. The molecule has 0 radical (unpaired) electrons. The van der Waals surface area contributed by atoms with Crippen LogP contribution in [0.3, 0.4) is 0 Å². The quantitative estimate of drug-likeness (QED) is 0.579. The standard InChI is InChI=1S/C10H16N2O3S/c1-2-15-6-7-16(13,14)12-10-5-3-4-9(11)8-10/h3-5,8,12H,2,6-7,11H2,1H3. The van der Waals surface area contributed by atoms with Crippen LogP contribution in [0.25, 0.3) is 0 Å². The zero-order chi connectivity index (χ0) is 12.0. The summed E-state index contributed by atoms with van der Waals surface area (Å²) in [4.78, 5) is 0. The summed E-state index contributed by atoms with van der Waals surface area (Å²) < 4.78 is 30.5. The highest BCUT2D eigenvalue weighted by molar-refractivity contribution is 7.92. The molecule has 0 saturated heterocycles. The summed E-state index contributed by atoms with van der Waals surface area (Å²) in [6, 6.07) is 6.60. The minimum Gasteiger partial charge on any atom is -0.399 e. The molecule has 5 nitrogen and oxygen atoms in total. The van der Waals surface area contributed by atoms with E-state index in [2.05, 4.69) is 4.72 Å². The summed E-state index contributed by atoms with van der Waals surface area (Å²) in [7, 11) is -3.35. The van der Waals surface area contributed by atoms with Crippen molar-refractivity contribution in [2.45, 2.75) is 6.92 Å². The number of nitrogens with two attached hydrogens (primary N) is 1. The first kappa shape index (κ1) is 12.8. The molecule has 0 unspecified atom stereocenters. The minimum atomic E-state index is -3.35. The van der Waals surface area contributed by atoms with E-state index >= 15 is 0 Å². The van der Waals surface area contributed by atoms with Crippen LogP contribution in [0.15, 0.2) is 24.3 Å². The second kappa shape index (κ2) is 5.72. The molecule has 0 aliphatic rings. The maximum absolute atomic E-state index is 11.6. The van der Waals surface area contributed by atoms with Crippen LogP contribution in [0.4, 0.5) is 11.4 Å². The van der Waals surface area contributed by atoms with E-state index < -0.39 is 10.0 Å². The number of nitrogen functional groups attached to an aromatic ring is 1. The third kappa shape index (κ3) is 4.50. The molecule has 6 heteroatoms. The third-order valence-corrected chi connectivity index (χ3v) is 3.11. The fourth-order valence-electron chi connectivity index (χ4n) is 1.15. The Hall–Kier alpha value is -1.27. The number of benzene rings is 1. The van der Waals surface area contributed by atoms with Crippen LogP contribution in [0.5, 0.6) is 0 Å². The molecule has 3 N–H and O–H groups in total. The van der Waals surface area contributed by atoms with Crippen LogP contribution >= 0.6 is 0 Å². The molecule has 0 heterocycles. The van der Waals surface area contributed by atoms with Crippen molar-refractivity contribution >= 4 is 21.4 Å². The highest BCUT2D eigenvalue weighted by Gasteiger charge is 2.09. The monoisotopic (exact) mass is 244 g/mol. The van der Waals surface area contributed by atoms with Crippen molar-refractivity contribution in [1.29, 1.82) is 0 Å². The van der Waals surface area contributed by atoms with Crippen LogP contribution in [0.1, 0.15) is 6.92 Å². The van der Waals surface area contributed by atoms with Gasteiger partial charge in [-0.3, -0.25) is 4.72 Å². The number of hydrogen-bond acceptors (Lipinski definition) is 4. The largest absolute Gasteiger partial charge is 0.399 e. The predicted molar refractivity (Wildman–Crippen MR) is 64.8 cm³/mol. The molecule has 0 aliphatic carbocycles. The van der Waals surface area contributed by atoms with Crippen molar-refractivity contribution in [2.75, 3.05) is 29.4 Å². The van der Waals surface area contributed by atoms with E-state index in [4.69, 9.17) is 10.5 Å². The highest BCUT2D eigenvalue weighted by atomic mass is 32.2. The first-order valence-corrected chi connectivity index (χ1v) is 6.62. The predicted octanol–water partition coefficient (Wildman–Crippen LogP) is 1.05. The smallest absolute Gasteiger partial charge is 0.235 e. The number of nitrogens with one attached hydrogen (secondary N) is 1. The summed E-state index contributed by atoms with van der Waals surface area (Å²) in [5, 5.41) is 0. The Kier molecular flexibility index (Phi) is 4.57. The van der Waals surface area contributed by atoms with Crippen LogP contribution in [0, 0.1) is 0 Å². The molecule has 0 bridgehead atoms. The average molecular weight is 244 g/mol. The van der Waals surface area contributed by atoms with Gasteiger partial charge in [-0.2, -0.15) is 0 Å². The fraction of sp³-hybridized carbons (Fsp3) is 0.400. The number of anilines is 2. The van der Waals surface area contributed by atoms with Gasteiger partial charge in [-0.15, -0.1) is 0 Å². The molecule has 1 aromatic rings. The zero-order valence-corrected chi connectivity index (χ0v) is 9.96. The first-order valence-electron chi connectivity index (χ1n) is 4.97. The van der Waals surface area contributed by atoms with E-state index in [1.165, 1.54) is 0 Å². The van der Waals surface area contributed by atoms with Crippen molar-refractivity contribution in [1.82, 2.24) is 0 Å². The molecule has 0 aliphatic heterocycles. The van der Waals surface area contributed by atoms with Gasteiger partial charge in [-0.25, -0.2) is 8.42 Å². The number of sulfonamides is 1. The fourth-order valence-corrected chi connectivity index (χ4v) is 2.07. The van der Waals surface area contributed by atoms with Gasteiger partial charge in [0.1, 0.15) is 0 Å². The molecular formula is C10H16N2O3S. The van der Waals surface area contributed by atoms with Crippen LogP contribution < -0.4 is 10.5 Å². The van der Waals surface area contributed by atoms with Crippen molar-refractivity contribution in [2.24, 2.45) is 0 Å². The highest BCUT2D eigenvalue weighted by Crippen LogP contribution is 2.13. The molecule has 0 atom stereocenters. The molecule has 0 saturated carbocycles. The molecule has 0 amide bonds. The Bertz CT molecular complexity index is 431. The van der Waals surface area contributed by atoms with Gasteiger partial charge < -0.3 is 10.5 Å². The Labute approximate surface area is 95.7 Å². The Morgan fingerprint density at radius 2 is 2.19 bits per heavy atom. The Balaban J connectivity index is 2.59. The topological polar surface area (TPSA) is 81.4 Å². The molecule has 16 heavy (non-hydrogen) atoms. The van der Waals surface area contributed by atoms with Gasteiger partial charge in [0.05, 0.1) is 18.0 Å². The lowest BCUT2D eigenvalue weighted by Crippen LogP contribution is -2.20. The maximum atomic E-state index is 11.6. The van der Waals surface area contributed by atoms with E-state index in [0.29, 0.717) is 18.0 Å². The van der Waals surface area contributed by atoms with Gasteiger partial charge in [-0.05, 0) is 25.1 Å². The van der Waals surface area contributed by atoms with Crippen molar-refractivity contribution < 1.29 is 13.2 Å². The minimum absolute atomic E-state index is 0.0599. The van der Waals surface area contributed by atoms with E-state index in [1.54, 1.807) is 24.3 Å². The second-order valence-corrected chi connectivity index (χ2v) is 5.09. The summed E-state index contributed by atoms with van der Waals surface area (Å²) in [5.74, 6) is -0.0599. The Morgan fingerprint density at radius 3 is 2.81 bits per heavy atom. The van der Waals surface area contributed by atoms with E-state index in [1.807, 2.05) is 6.92 Å². The van der Waals surface area contributed by atoms with Gasteiger partial charge in [0.15, 0.2) is 0 Å². The van der Waals surface area contributed by atoms with Gasteiger partial charge in [-0.1, -0.05) is 6.07 Å². The summed E-state index contributed by atoms with van der Waals surface area (Å²) >= 11 is 0. The van der Waals surface area contributed by atoms with Crippen molar-refractivity contribution in [3.8, 4) is 0 Å². The molecule has 0 aromatic heterocycles. The average Bonchev–Trinajstić information content (AvgIpc) is 2.17. The van der Waals surface area contributed by atoms with Crippen LogP contribution in [0.2, 0.25) is 0 Å². The van der Waals surface area contributed by atoms with E-state index in [9.17, 15) is 8.42 Å². The van der Waals surface area contributed by atoms with E-state index in [0.717, 1.165) is 0 Å². The molecule has 90 valence electrons. The van der Waals surface area contributed by atoms with Crippen molar-refractivity contribution in [3.63, 3.8) is 0 Å². The molecular weight excluding hydrogens is 228 g/mol. The second-order valence-electron chi connectivity index (χ2n) is 3.24. The zero-order valence-electron chi connectivity index (χ0n) is 9.14. The van der Waals surface area contributed by atoms with Crippen molar-refractivity contribution in [3.05, 3.63) is 24.3 Å². The SMILES string of the molecule is CCOCCS(=O)(=O)Nc1cccc(N)c1. The van der Waals surface area contributed by atoms with E-state index in [-0.39, 0.29) is 12.4 Å². The van der Waals surface area contributed by atoms with Gasteiger partial charge in [0.25, 0.3) is 0 Å². The molecule has 1 rings (SSSR count). The van der Waals surface area contributed by atoms with Crippen LogP contribution in [-0.2, 0) is 14.8 Å². The molecule has 1 aromatic carbocycles. The number of rotatable bonds is 6. The third-order valence-electron chi connectivity index (χ3n) is 1.86.